The highest BCUT2D eigenvalue weighted by Gasteiger charge is 2.26. The first-order valence-electron chi connectivity index (χ1n) is 7.38. The minimum Gasteiger partial charge on any atom is -0.341 e. The summed E-state index contributed by atoms with van der Waals surface area (Å²) >= 11 is 1.25. The summed E-state index contributed by atoms with van der Waals surface area (Å²) in [4.78, 5) is 30.0. The second kappa shape index (κ2) is 6.87. The number of carbonyl (C=O) groups excluding carboxylic acids is 2. The molecular weight excluding hydrogens is 312 g/mol. The molecule has 1 atom stereocenters. The summed E-state index contributed by atoms with van der Waals surface area (Å²) in [6.45, 7) is 0.703. The van der Waals surface area contributed by atoms with Gasteiger partial charge in [-0.3, -0.25) is 9.59 Å². The highest BCUT2D eigenvalue weighted by atomic mass is 32.2. The molecule has 0 radical (unpaired) electrons. The fourth-order valence-corrected chi connectivity index (χ4v) is 3.37. The molecule has 0 bridgehead atoms. The number of benzene rings is 1. The number of nitrogens with zero attached hydrogens (tertiary/aromatic N) is 3. The monoisotopic (exact) mass is 330 g/mol. The van der Waals surface area contributed by atoms with Gasteiger partial charge in [0.1, 0.15) is 18.4 Å². The van der Waals surface area contributed by atoms with E-state index in [1.165, 1.54) is 11.8 Å². The zero-order valence-corrected chi connectivity index (χ0v) is 13.6. The van der Waals surface area contributed by atoms with Gasteiger partial charge in [0.15, 0.2) is 0 Å². The summed E-state index contributed by atoms with van der Waals surface area (Å²) in [6, 6.07) is 9.36. The molecule has 1 fully saturated rings. The van der Waals surface area contributed by atoms with Crippen molar-refractivity contribution in [2.24, 2.45) is 7.05 Å². The Bertz CT molecular complexity index is 701. The van der Waals surface area contributed by atoms with Gasteiger partial charge in [-0.25, -0.2) is 4.98 Å². The van der Waals surface area contributed by atoms with Gasteiger partial charge in [0.25, 0.3) is 5.24 Å². The molecule has 6 nitrogen and oxygen atoms in total. The molecule has 1 aromatic heterocycles. The maximum absolute atomic E-state index is 12.4. The molecule has 0 spiro atoms. The third-order valence-corrected chi connectivity index (χ3v) is 4.63. The van der Waals surface area contributed by atoms with Gasteiger partial charge >= 0.3 is 0 Å². The Balaban J connectivity index is 1.78. The van der Waals surface area contributed by atoms with Gasteiger partial charge in [-0.1, -0.05) is 42.1 Å². The number of aromatic nitrogens is 2. The highest BCUT2D eigenvalue weighted by Crippen LogP contribution is 2.21. The lowest BCUT2D eigenvalue weighted by Gasteiger charge is -2.21. The predicted octanol–water partition coefficient (Wildman–Crippen LogP) is 1.79. The summed E-state index contributed by atoms with van der Waals surface area (Å²) in [5.74, 6) is 1.32. The molecule has 120 valence electrons. The van der Waals surface area contributed by atoms with E-state index in [1.54, 1.807) is 11.1 Å². The molecule has 1 aliphatic rings. The van der Waals surface area contributed by atoms with Crippen LogP contribution in [0.25, 0.3) is 0 Å². The standard InChI is InChI=1S/C16H18N4O2S/c1-19-8-7-17-15(19)14(12-5-3-2-4-6-12)18-13(21)11-20-9-10-23-16(20)22/h2-8,14H,9-11H2,1H3,(H,18,21)/t14-/m1/s1. The second-order valence-corrected chi connectivity index (χ2v) is 6.39. The molecule has 2 aromatic rings. The number of thioether (sulfide) groups is 1. The third-order valence-electron chi connectivity index (χ3n) is 3.73. The van der Waals surface area contributed by atoms with Crippen LogP contribution < -0.4 is 5.32 Å². The van der Waals surface area contributed by atoms with E-state index in [4.69, 9.17) is 0 Å². The van der Waals surface area contributed by atoms with Crippen molar-refractivity contribution in [2.75, 3.05) is 18.8 Å². The first-order chi connectivity index (χ1) is 11.1. The van der Waals surface area contributed by atoms with Crippen LogP contribution in [0.15, 0.2) is 42.7 Å². The Hall–Kier alpha value is -2.28. The van der Waals surface area contributed by atoms with Gasteiger partial charge < -0.3 is 14.8 Å². The number of hydrogen-bond donors (Lipinski definition) is 1. The fraction of sp³-hybridized carbons (Fsp3) is 0.312. The Morgan fingerprint density at radius 1 is 1.39 bits per heavy atom. The minimum atomic E-state index is -0.339. The van der Waals surface area contributed by atoms with Crippen LogP contribution in [-0.4, -0.2) is 44.4 Å². The van der Waals surface area contributed by atoms with E-state index in [0.29, 0.717) is 6.54 Å². The first-order valence-corrected chi connectivity index (χ1v) is 8.37. The van der Waals surface area contributed by atoms with Crippen LogP contribution in [0.2, 0.25) is 0 Å². The number of nitrogens with one attached hydrogen (secondary N) is 1. The molecule has 3 rings (SSSR count). The van der Waals surface area contributed by atoms with E-state index < -0.39 is 0 Å². The summed E-state index contributed by atoms with van der Waals surface area (Å²) in [7, 11) is 1.89. The lowest BCUT2D eigenvalue weighted by molar-refractivity contribution is -0.122. The maximum Gasteiger partial charge on any atom is 0.282 e. The van der Waals surface area contributed by atoms with Crippen molar-refractivity contribution >= 4 is 22.9 Å². The Morgan fingerprint density at radius 3 is 2.78 bits per heavy atom. The average molecular weight is 330 g/mol. The van der Waals surface area contributed by atoms with Crippen molar-refractivity contribution in [2.45, 2.75) is 6.04 Å². The number of aryl methyl sites for hydroxylation is 1. The van der Waals surface area contributed by atoms with Gasteiger partial charge in [-0.15, -0.1) is 0 Å². The second-order valence-electron chi connectivity index (χ2n) is 5.34. The SMILES string of the molecule is Cn1ccnc1[C@H](NC(=O)CN1CCSC1=O)c1ccccc1. The van der Waals surface area contributed by atoms with Crippen LogP contribution in [-0.2, 0) is 11.8 Å². The number of imidazole rings is 1. The smallest absolute Gasteiger partial charge is 0.282 e. The molecule has 1 saturated heterocycles. The molecule has 0 unspecified atom stereocenters. The molecule has 7 heteroatoms. The fourth-order valence-electron chi connectivity index (χ4n) is 2.55. The van der Waals surface area contributed by atoms with Crippen molar-refractivity contribution < 1.29 is 9.59 Å². The lowest BCUT2D eigenvalue weighted by Crippen LogP contribution is -2.39. The molecule has 1 aromatic carbocycles. The molecule has 2 amide bonds. The number of rotatable bonds is 5. The molecule has 23 heavy (non-hydrogen) atoms. The normalized spacial score (nSPS) is 15.7. The summed E-state index contributed by atoms with van der Waals surface area (Å²) in [6.07, 6.45) is 3.55. The van der Waals surface area contributed by atoms with E-state index in [-0.39, 0.29) is 23.7 Å². The third kappa shape index (κ3) is 3.56. The zero-order valence-electron chi connectivity index (χ0n) is 12.8. The van der Waals surface area contributed by atoms with Crippen LogP contribution in [0, 0.1) is 0 Å². The van der Waals surface area contributed by atoms with Gasteiger partial charge in [0, 0.05) is 31.7 Å². The van der Waals surface area contributed by atoms with Crippen LogP contribution in [0.4, 0.5) is 4.79 Å². The molecule has 0 aliphatic carbocycles. The summed E-state index contributed by atoms with van der Waals surface area (Å²) in [5.41, 5.74) is 0.956. The highest BCUT2D eigenvalue weighted by molar-refractivity contribution is 8.13. The van der Waals surface area contributed by atoms with E-state index in [9.17, 15) is 9.59 Å². The van der Waals surface area contributed by atoms with Crippen LogP contribution in [0.1, 0.15) is 17.4 Å². The van der Waals surface area contributed by atoms with Gasteiger partial charge in [-0.05, 0) is 5.56 Å². The molecule has 2 heterocycles. The van der Waals surface area contributed by atoms with E-state index in [2.05, 4.69) is 10.3 Å². The van der Waals surface area contributed by atoms with E-state index >= 15 is 0 Å². The maximum atomic E-state index is 12.4. The number of amides is 2. The van der Waals surface area contributed by atoms with Crippen molar-refractivity contribution in [1.82, 2.24) is 19.8 Å². The number of hydrogen-bond acceptors (Lipinski definition) is 4. The zero-order chi connectivity index (χ0) is 16.2. The Kier molecular flexibility index (Phi) is 4.66. The van der Waals surface area contributed by atoms with Crippen LogP contribution in [0.5, 0.6) is 0 Å². The van der Waals surface area contributed by atoms with Crippen molar-refractivity contribution in [1.29, 1.82) is 0 Å². The number of carbonyl (C=O) groups is 2. The van der Waals surface area contributed by atoms with Crippen LogP contribution in [0.3, 0.4) is 0 Å². The van der Waals surface area contributed by atoms with E-state index in [0.717, 1.165) is 17.1 Å². The summed E-state index contributed by atoms with van der Waals surface area (Å²) < 4.78 is 1.88. The average Bonchev–Trinajstić information content (AvgIpc) is 3.15. The first kappa shape index (κ1) is 15.6. The topological polar surface area (TPSA) is 67.2 Å². The molecular formula is C16H18N4O2S. The van der Waals surface area contributed by atoms with Gasteiger partial charge in [0.2, 0.25) is 5.91 Å². The Labute approximate surface area is 138 Å². The Morgan fingerprint density at radius 2 is 2.17 bits per heavy atom. The minimum absolute atomic E-state index is 0.0339. The van der Waals surface area contributed by atoms with E-state index in [1.807, 2.05) is 48.1 Å². The largest absolute Gasteiger partial charge is 0.341 e. The quantitative estimate of drug-likeness (QED) is 0.908. The summed E-state index contributed by atoms with van der Waals surface area (Å²) in [5, 5.41) is 2.96. The van der Waals surface area contributed by atoms with Crippen molar-refractivity contribution in [3.05, 3.63) is 54.1 Å². The van der Waals surface area contributed by atoms with Gasteiger partial charge in [0.05, 0.1) is 0 Å². The molecule has 1 N–H and O–H groups in total. The van der Waals surface area contributed by atoms with Crippen LogP contribution >= 0.6 is 11.8 Å². The van der Waals surface area contributed by atoms with Gasteiger partial charge in [-0.2, -0.15) is 0 Å². The van der Waals surface area contributed by atoms with Crippen molar-refractivity contribution in [3.63, 3.8) is 0 Å². The predicted molar refractivity (Wildman–Crippen MR) is 89.1 cm³/mol. The van der Waals surface area contributed by atoms with Crippen molar-refractivity contribution in [3.8, 4) is 0 Å². The lowest BCUT2D eigenvalue weighted by atomic mass is 10.1. The molecule has 1 aliphatic heterocycles. The molecule has 0 saturated carbocycles.